The third kappa shape index (κ3) is 2.77. The molecule has 1 aliphatic carbocycles. The van der Waals surface area contributed by atoms with E-state index < -0.39 is 0 Å². The molecule has 0 saturated heterocycles. The zero-order valence-corrected chi connectivity index (χ0v) is 10.8. The smallest absolute Gasteiger partial charge is 0.129 e. The molecule has 2 rings (SSSR count). The van der Waals surface area contributed by atoms with Crippen LogP contribution < -0.4 is 10.5 Å². The molecule has 2 nitrogen and oxygen atoms in total. The molecule has 1 aromatic heterocycles. The molecule has 1 atom stereocenters. The van der Waals surface area contributed by atoms with Crippen LogP contribution >= 0.6 is 11.3 Å². The molecule has 2 N–H and O–H groups in total. The summed E-state index contributed by atoms with van der Waals surface area (Å²) in [5.41, 5.74) is 6.36. The Balaban J connectivity index is 2.01. The van der Waals surface area contributed by atoms with Gasteiger partial charge in [0.15, 0.2) is 0 Å². The Kier molecular flexibility index (Phi) is 4.24. The molecular weight excluding hydrogens is 218 g/mol. The van der Waals surface area contributed by atoms with Crippen LogP contribution in [0.3, 0.4) is 0 Å². The Hall–Kier alpha value is -0.540. The van der Waals surface area contributed by atoms with Gasteiger partial charge in [0.1, 0.15) is 5.75 Å². The first-order chi connectivity index (χ1) is 7.81. The van der Waals surface area contributed by atoms with Gasteiger partial charge in [-0.2, -0.15) is 0 Å². The highest BCUT2D eigenvalue weighted by molar-refractivity contribution is 7.10. The fraction of sp³-hybridized carbons (Fsp3) is 0.692. The zero-order valence-electron chi connectivity index (χ0n) is 9.95. The Morgan fingerprint density at radius 3 is 2.56 bits per heavy atom. The third-order valence-corrected chi connectivity index (χ3v) is 4.58. The van der Waals surface area contributed by atoms with Crippen molar-refractivity contribution in [2.45, 2.75) is 44.6 Å². The normalized spacial score (nSPS) is 20.4. The molecule has 1 saturated carbocycles. The monoisotopic (exact) mass is 239 g/mol. The molecule has 1 heterocycles. The molecule has 0 radical (unpaired) electrons. The molecule has 1 fully saturated rings. The van der Waals surface area contributed by atoms with E-state index in [0.29, 0.717) is 5.92 Å². The van der Waals surface area contributed by atoms with Crippen molar-refractivity contribution in [3.63, 3.8) is 0 Å². The van der Waals surface area contributed by atoms with Crippen LogP contribution in [0.2, 0.25) is 0 Å². The Morgan fingerprint density at radius 2 is 2.00 bits per heavy atom. The summed E-state index contributed by atoms with van der Waals surface area (Å²) in [7, 11) is 1.71. The summed E-state index contributed by atoms with van der Waals surface area (Å²) in [5, 5.41) is 2.05. The summed E-state index contributed by atoms with van der Waals surface area (Å²) in [4.78, 5) is 1.28. The minimum Gasteiger partial charge on any atom is -0.496 e. The largest absolute Gasteiger partial charge is 0.496 e. The van der Waals surface area contributed by atoms with Crippen LogP contribution in [-0.2, 0) is 0 Å². The highest BCUT2D eigenvalue weighted by Gasteiger charge is 2.22. The molecule has 1 unspecified atom stereocenters. The molecule has 0 amide bonds. The average molecular weight is 239 g/mol. The third-order valence-electron chi connectivity index (χ3n) is 3.57. The van der Waals surface area contributed by atoms with Crippen LogP contribution in [0.4, 0.5) is 0 Å². The molecule has 16 heavy (non-hydrogen) atoms. The number of methoxy groups -OCH3 is 1. The van der Waals surface area contributed by atoms with Gasteiger partial charge in [-0.3, -0.25) is 0 Å². The second-order valence-corrected chi connectivity index (χ2v) is 5.61. The first-order valence-electron chi connectivity index (χ1n) is 6.19. The summed E-state index contributed by atoms with van der Waals surface area (Å²) < 4.78 is 5.21. The van der Waals surface area contributed by atoms with Crippen LogP contribution in [0, 0.1) is 5.92 Å². The van der Waals surface area contributed by atoms with Gasteiger partial charge < -0.3 is 10.5 Å². The summed E-state index contributed by atoms with van der Waals surface area (Å²) in [6, 6.07) is 2.31. The molecule has 1 aliphatic rings. The Bertz CT molecular complexity index is 315. The predicted molar refractivity (Wildman–Crippen MR) is 69.0 cm³/mol. The molecule has 0 aromatic carbocycles. The van der Waals surface area contributed by atoms with E-state index in [1.165, 1.54) is 43.4 Å². The van der Waals surface area contributed by atoms with Gasteiger partial charge >= 0.3 is 0 Å². The van der Waals surface area contributed by atoms with Gasteiger partial charge in [0.2, 0.25) is 0 Å². The number of rotatable bonds is 3. The molecule has 0 spiro atoms. The highest BCUT2D eigenvalue weighted by Crippen LogP contribution is 2.35. The Morgan fingerprint density at radius 1 is 1.31 bits per heavy atom. The van der Waals surface area contributed by atoms with Crippen molar-refractivity contribution < 1.29 is 4.74 Å². The quantitative estimate of drug-likeness (QED) is 0.816. The van der Waals surface area contributed by atoms with Gasteiger partial charge in [-0.05, 0) is 24.8 Å². The van der Waals surface area contributed by atoms with E-state index in [-0.39, 0.29) is 6.04 Å². The van der Waals surface area contributed by atoms with Gasteiger partial charge in [-0.1, -0.05) is 25.7 Å². The topological polar surface area (TPSA) is 35.2 Å². The second kappa shape index (κ2) is 5.69. The van der Waals surface area contributed by atoms with Crippen LogP contribution in [-0.4, -0.2) is 7.11 Å². The maximum absolute atomic E-state index is 6.36. The summed E-state index contributed by atoms with van der Waals surface area (Å²) >= 11 is 1.73. The van der Waals surface area contributed by atoms with Gasteiger partial charge in [0.25, 0.3) is 0 Å². The van der Waals surface area contributed by atoms with Crippen molar-refractivity contribution in [3.05, 3.63) is 16.3 Å². The first-order valence-corrected chi connectivity index (χ1v) is 7.07. The van der Waals surface area contributed by atoms with E-state index >= 15 is 0 Å². The van der Waals surface area contributed by atoms with E-state index in [0.717, 1.165) is 5.75 Å². The number of nitrogens with two attached hydrogens (primary N) is 1. The Labute approximate surface area is 102 Å². The van der Waals surface area contributed by atoms with E-state index in [2.05, 4.69) is 6.07 Å². The van der Waals surface area contributed by atoms with Crippen molar-refractivity contribution in [2.24, 2.45) is 11.7 Å². The number of thiophene rings is 1. The van der Waals surface area contributed by atoms with Crippen LogP contribution in [0.5, 0.6) is 5.75 Å². The number of hydrogen-bond donors (Lipinski definition) is 1. The SMILES string of the molecule is COc1csc(C(N)C2CCCCCC2)c1. The summed E-state index contributed by atoms with van der Waals surface area (Å²) in [5.74, 6) is 1.62. The lowest BCUT2D eigenvalue weighted by atomic mass is 9.91. The fourth-order valence-electron chi connectivity index (χ4n) is 2.52. The lowest BCUT2D eigenvalue weighted by molar-refractivity contribution is 0.384. The van der Waals surface area contributed by atoms with Crippen molar-refractivity contribution >= 4 is 11.3 Å². The molecule has 0 aliphatic heterocycles. The lowest BCUT2D eigenvalue weighted by Gasteiger charge is -2.20. The molecule has 3 heteroatoms. The molecule has 90 valence electrons. The highest BCUT2D eigenvalue weighted by atomic mass is 32.1. The van der Waals surface area contributed by atoms with Gasteiger partial charge in [0, 0.05) is 16.3 Å². The standard InChI is InChI=1S/C13H21NOS/c1-15-11-8-12(16-9-11)13(14)10-6-4-2-3-5-7-10/h8-10,13H,2-7,14H2,1H3. The maximum atomic E-state index is 6.36. The fourth-order valence-corrected chi connectivity index (χ4v) is 3.47. The molecule has 1 aromatic rings. The van der Waals surface area contributed by atoms with Crippen LogP contribution in [0.1, 0.15) is 49.4 Å². The number of ether oxygens (including phenoxy) is 1. The minimum absolute atomic E-state index is 0.215. The van der Waals surface area contributed by atoms with Crippen LogP contribution in [0.15, 0.2) is 11.4 Å². The van der Waals surface area contributed by atoms with E-state index in [1.54, 1.807) is 18.4 Å². The summed E-state index contributed by atoms with van der Waals surface area (Å²) in [6.07, 6.45) is 8.05. The predicted octanol–water partition coefficient (Wildman–Crippen LogP) is 3.73. The minimum atomic E-state index is 0.215. The molecular formula is C13H21NOS. The molecule has 0 bridgehead atoms. The zero-order chi connectivity index (χ0) is 11.4. The van der Waals surface area contributed by atoms with Gasteiger partial charge in [0.05, 0.1) is 7.11 Å². The van der Waals surface area contributed by atoms with Crippen molar-refractivity contribution in [2.75, 3.05) is 7.11 Å². The average Bonchev–Trinajstić information content (AvgIpc) is 2.62. The second-order valence-electron chi connectivity index (χ2n) is 4.67. The maximum Gasteiger partial charge on any atom is 0.129 e. The van der Waals surface area contributed by atoms with Crippen molar-refractivity contribution in [3.8, 4) is 5.75 Å². The van der Waals surface area contributed by atoms with E-state index in [9.17, 15) is 0 Å². The van der Waals surface area contributed by atoms with Crippen LogP contribution in [0.25, 0.3) is 0 Å². The van der Waals surface area contributed by atoms with E-state index in [1.807, 2.05) is 5.38 Å². The lowest BCUT2D eigenvalue weighted by Crippen LogP contribution is -2.19. The van der Waals surface area contributed by atoms with E-state index in [4.69, 9.17) is 10.5 Å². The first kappa shape index (κ1) is 11.9. The van der Waals surface area contributed by atoms with Gasteiger partial charge in [-0.15, -0.1) is 11.3 Å². The summed E-state index contributed by atoms with van der Waals surface area (Å²) in [6.45, 7) is 0. The van der Waals surface area contributed by atoms with Crippen molar-refractivity contribution in [1.82, 2.24) is 0 Å². The number of hydrogen-bond acceptors (Lipinski definition) is 3. The van der Waals surface area contributed by atoms with Gasteiger partial charge in [-0.25, -0.2) is 0 Å². The van der Waals surface area contributed by atoms with Crippen molar-refractivity contribution in [1.29, 1.82) is 0 Å².